The summed E-state index contributed by atoms with van der Waals surface area (Å²) in [6, 6.07) is 9.61. The van der Waals surface area contributed by atoms with E-state index in [0.29, 0.717) is 12.8 Å². The van der Waals surface area contributed by atoms with Gasteiger partial charge < -0.3 is 4.52 Å². The van der Waals surface area contributed by atoms with Gasteiger partial charge in [-0.1, -0.05) is 37.3 Å². The SMILES string of the molecule is CCCP(N)(=O)OCc1ccccc1. The Morgan fingerprint density at radius 2 is 2.00 bits per heavy atom. The van der Waals surface area contributed by atoms with Gasteiger partial charge in [0.2, 0.25) is 0 Å². The molecule has 0 saturated carbocycles. The maximum Gasteiger partial charge on any atom is 0.267 e. The zero-order valence-electron chi connectivity index (χ0n) is 8.35. The van der Waals surface area contributed by atoms with E-state index >= 15 is 0 Å². The Labute approximate surface area is 84.8 Å². The molecule has 1 unspecified atom stereocenters. The van der Waals surface area contributed by atoms with Gasteiger partial charge in [-0.05, 0) is 12.0 Å². The lowest BCUT2D eigenvalue weighted by molar-refractivity contribution is 0.303. The van der Waals surface area contributed by atoms with Crippen LogP contribution in [0.4, 0.5) is 0 Å². The molecule has 0 aliphatic carbocycles. The predicted molar refractivity (Wildman–Crippen MR) is 58.2 cm³/mol. The fourth-order valence-corrected chi connectivity index (χ4v) is 2.25. The fraction of sp³-hybridized carbons (Fsp3) is 0.400. The van der Waals surface area contributed by atoms with Crippen LogP contribution in [0.3, 0.4) is 0 Å². The molecule has 1 aromatic carbocycles. The summed E-state index contributed by atoms with van der Waals surface area (Å²) < 4.78 is 16.7. The summed E-state index contributed by atoms with van der Waals surface area (Å²) in [5.41, 5.74) is 6.50. The predicted octanol–water partition coefficient (Wildman–Crippen LogP) is 2.77. The standard InChI is InChI=1S/C10H16NO2P/c1-2-8-14(11,12)13-9-10-6-4-3-5-7-10/h3-7H,2,8-9H2,1H3,(H2,11,12). The molecule has 4 heteroatoms. The second-order valence-electron chi connectivity index (χ2n) is 3.21. The van der Waals surface area contributed by atoms with Crippen LogP contribution in [0.5, 0.6) is 0 Å². The number of hydrogen-bond acceptors (Lipinski definition) is 2. The monoisotopic (exact) mass is 213 g/mol. The highest BCUT2D eigenvalue weighted by Gasteiger charge is 2.14. The average molecular weight is 213 g/mol. The molecular weight excluding hydrogens is 197 g/mol. The van der Waals surface area contributed by atoms with Gasteiger partial charge in [0.25, 0.3) is 7.52 Å². The normalized spacial score (nSPS) is 15.0. The van der Waals surface area contributed by atoms with Crippen LogP contribution >= 0.6 is 7.52 Å². The van der Waals surface area contributed by atoms with E-state index in [9.17, 15) is 4.57 Å². The van der Waals surface area contributed by atoms with E-state index in [1.54, 1.807) is 0 Å². The summed E-state index contributed by atoms with van der Waals surface area (Å²) in [5.74, 6) is 0. The third kappa shape index (κ3) is 4.05. The Morgan fingerprint density at radius 1 is 1.36 bits per heavy atom. The Bertz CT molecular complexity index is 313. The van der Waals surface area contributed by atoms with Crippen LogP contribution < -0.4 is 5.50 Å². The van der Waals surface area contributed by atoms with E-state index in [2.05, 4.69) is 0 Å². The minimum Gasteiger partial charge on any atom is -0.313 e. The summed E-state index contributed by atoms with van der Waals surface area (Å²) >= 11 is 0. The molecule has 0 aromatic heterocycles. The van der Waals surface area contributed by atoms with Crippen LogP contribution in [-0.4, -0.2) is 6.16 Å². The smallest absolute Gasteiger partial charge is 0.267 e. The van der Waals surface area contributed by atoms with Gasteiger partial charge >= 0.3 is 0 Å². The molecule has 0 amide bonds. The lowest BCUT2D eigenvalue weighted by Gasteiger charge is -2.12. The number of benzene rings is 1. The summed E-state index contributed by atoms with van der Waals surface area (Å²) in [4.78, 5) is 0. The largest absolute Gasteiger partial charge is 0.313 e. The first-order valence-corrected chi connectivity index (χ1v) is 6.58. The first-order valence-electron chi connectivity index (χ1n) is 4.70. The molecule has 78 valence electrons. The van der Waals surface area contributed by atoms with Crippen LogP contribution in [-0.2, 0) is 15.7 Å². The van der Waals surface area contributed by atoms with Crippen molar-refractivity contribution in [3.63, 3.8) is 0 Å². The van der Waals surface area contributed by atoms with Crippen molar-refractivity contribution in [2.45, 2.75) is 20.0 Å². The van der Waals surface area contributed by atoms with Crippen molar-refractivity contribution in [3.8, 4) is 0 Å². The third-order valence-electron chi connectivity index (χ3n) is 1.83. The van der Waals surface area contributed by atoms with Crippen LogP contribution in [0.25, 0.3) is 0 Å². The van der Waals surface area contributed by atoms with E-state index in [4.69, 9.17) is 10.0 Å². The van der Waals surface area contributed by atoms with Crippen molar-refractivity contribution >= 4 is 7.52 Å². The maximum absolute atomic E-state index is 11.5. The molecule has 2 N–H and O–H groups in total. The lowest BCUT2D eigenvalue weighted by atomic mass is 10.2. The van der Waals surface area contributed by atoms with Crippen LogP contribution in [0.2, 0.25) is 0 Å². The topological polar surface area (TPSA) is 52.3 Å². The lowest BCUT2D eigenvalue weighted by Crippen LogP contribution is -2.03. The number of rotatable bonds is 5. The summed E-state index contributed by atoms with van der Waals surface area (Å²) in [6.07, 6.45) is 1.22. The van der Waals surface area contributed by atoms with Crippen molar-refractivity contribution in [3.05, 3.63) is 35.9 Å². The molecule has 0 radical (unpaired) electrons. The van der Waals surface area contributed by atoms with Gasteiger partial charge in [-0.25, -0.2) is 0 Å². The van der Waals surface area contributed by atoms with Gasteiger partial charge in [-0.3, -0.25) is 10.1 Å². The highest BCUT2D eigenvalue weighted by atomic mass is 31.2. The second kappa shape index (κ2) is 5.30. The average Bonchev–Trinajstić information content (AvgIpc) is 2.17. The zero-order valence-corrected chi connectivity index (χ0v) is 9.24. The molecule has 0 heterocycles. The fourth-order valence-electron chi connectivity index (χ4n) is 1.13. The van der Waals surface area contributed by atoms with Crippen molar-refractivity contribution in [1.82, 2.24) is 0 Å². The zero-order chi connectivity index (χ0) is 10.4. The molecule has 14 heavy (non-hydrogen) atoms. The molecule has 0 saturated heterocycles. The Kier molecular flexibility index (Phi) is 4.33. The molecule has 0 bridgehead atoms. The van der Waals surface area contributed by atoms with Gasteiger partial charge in [0.05, 0.1) is 6.61 Å². The van der Waals surface area contributed by atoms with Crippen molar-refractivity contribution in [2.24, 2.45) is 5.50 Å². The molecule has 0 spiro atoms. The van der Waals surface area contributed by atoms with Gasteiger partial charge in [0, 0.05) is 6.16 Å². The minimum absolute atomic E-state index is 0.328. The molecule has 0 fully saturated rings. The number of hydrogen-bond donors (Lipinski definition) is 1. The molecule has 1 rings (SSSR count). The quantitative estimate of drug-likeness (QED) is 0.765. The van der Waals surface area contributed by atoms with E-state index in [1.807, 2.05) is 37.3 Å². The van der Waals surface area contributed by atoms with E-state index < -0.39 is 7.52 Å². The van der Waals surface area contributed by atoms with Crippen LogP contribution in [0.1, 0.15) is 18.9 Å². The van der Waals surface area contributed by atoms with Crippen molar-refractivity contribution in [1.29, 1.82) is 0 Å². The minimum atomic E-state index is -2.86. The second-order valence-corrected chi connectivity index (χ2v) is 5.37. The van der Waals surface area contributed by atoms with Gasteiger partial charge in [0.15, 0.2) is 0 Å². The molecule has 0 aliphatic heterocycles. The number of nitrogens with two attached hydrogens (primary N) is 1. The Morgan fingerprint density at radius 3 is 2.57 bits per heavy atom. The Hall–Kier alpha value is -0.630. The van der Waals surface area contributed by atoms with Gasteiger partial charge in [0.1, 0.15) is 0 Å². The molecule has 1 atom stereocenters. The highest BCUT2D eigenvalue weighted by Crippen LogP contribution is 2.38. The van der Waals surface area contributed by atoms with E-state index in [-0.39, 0.29) is 0 Å². The maximum atomic E-state index is 11.5. The first kappa shape index (κ1) is 11.4. The molecule has 1 aromatic rings. The van der Waals surface area contributed by atoms with E-state index in [1.165, 1.54) is 0 Å². The summed E-state index contributed by atoms with van der Waals surface area (Å²) in [5, 5.41) is 0. The van der Waals surface area contributed by atoms with E-state index in [0.717, 1.165) is 12.0 Å². The van der Waals surface area contributed by atoms with Gasteiger partial charge in [-0.2, -0.15) is 0 Å². The molecule has 3 nitrogen and oxygen atoms in total. The van der Waals surface area contributed by atoms with Crippen molar-refractivity contribution < 1.29 is 9.09 Å². The Balaban J connectivity index is 2.45. The molecular formula is C10H16NO2P. The third-order valence-corrected chi connectivity index (χ3v) is 3.46. The van der Waals surface area contributed by atoms with Gasteiger partial charge in [-0.15, -0.1) is 0 Å². The first-order chi connectivity index (χ1) is 6.64. The van der Waals surface area contributed by atoms with Crippen molar-refractivity contribution in [2.75, 3.05) is 6.16 Å². The van der Waals surface area contributed by atoms with Crippen LogP contribution in [0, 0.1) is 0 Å². The summed E-state index contributed by atoms with van der Waals surface area (Å²) in [7, 11) is -2.86. The highest BCUT2D eigenvalue weighted by molar-refractivity contribution is 7.56. The van der Waals surface area contributed by atoms with Crippen LogP contribution in [0.15, 0.2) is 30.3 Å². The molecule has 0 aliphatic rings. The summed E-state index contributed by atoms with van der Waals surface area (Å²) in [6.45, 7) is 2.26.